The number of ether oxygens (including phenoxy) is 1. The Balaban J connectivity index is 1.41. The molecule has 2 aromatic carbocycles. The summed E-state index contributed by atoms with van der Waals surface area (Å²) >= 11 is 0. The Bertz CT molecular complexity index is 1490. The molecule has 198 valence electrons. The van der Waals surface area contributed by atoms with Crippen LogP contribution in [0.5, 0.6) is 5.75 Å². The van der Waals surface area contributed by atoms with Crippen LogP contribution in [0.15, 0.2) is 48.9 Å². The lowest BCUT2D eigenvalue weighted by Crippen LogP contribution is -2.49. The van der Waals surface area contributed by atoms with Crippen molar-refractivity contribution in [3.05, 3.63) is 71.7 Å². The normalized spacial score (nSPS) is 17.4. The van der Waals surface area contributed by atoms with Crippen molar-refractivity contribution < 1.29 is 18.3 Å². The number of anilines is 2. The van der Waals surface area contributed by atoms with Gasteiger partial charge in [-0.3, -0.25) is 9.20 Å². The van der Waals surface area contributed by atoms with Crippen molar-refractivity contribution in [3.8, 4) is 17.0 Å². The van der Waals surface area contributed by atoms with Crippen molar-refractivity contribution in [2.75, 3.05) is 12.4 Å². The van der Waals surface area contributed by atoms with Crippen molar-refractivity contribution >= 4 is 23.1 Å². The Kier molecular flexibility index (Phi) is 7.24. The van der Waals surface area contributed by atoms with E-state index in [1.165, 1.54) is 25.4 Å². The Hall–Kier alpha value is -4.05. The highest BCUT2D eigenvalue weighted by atomic mass is 19.2. The molecule has 2 heterocycles. The first kappa shape index (κ1) is 25.6. The predicted octanol–water partition coefficient (Wildman–Crippen LogP) is 4.99. The first-order valence-electron chi connectivity index (χ1n) is 12.7. The maximum Gasteiger partial charge on any atom is 0.251 e. The summed E-state index contributed by atoms with van der Waals surface area (Å²) in [6.45, 7) is 1.99. The second-order valence-corrected chi connectivity index (χ2v) is 9.43. The van der Waals surface area contributed by atoms with Crippen LogP contribution in [0.1, 0.15) is 48.5 Å². The Morgan fingerprint density at radius 2 is 1.97 bits per heavy atom. The number of methoxy groups -OCH3 is 1. The van der Waals surface area contributed by atoms with Gasteiger partial charge in [0.15, 0.2) is 23.0 Å². The van der Waals surface area contributed by atoms with Gasteiger partial charge in [0, 0.05) is 41.3 Å². The van der Waals surface area contributed by atoms with Crippen LogP contribution in [0, 0.1) is 11.6 Å². The lowest BCUT2D eigenvalue weighted by molar-refractivity contribution is 0.0920. The number of halogens is 2. The molecule has 0 radical (unpaired) electrons. The summed E-state index contributed by atoms with van der Waals surface area (Å²) in [4.78, 5) is 21.8. The SMILES string of the molecule is CCc1cc(Nc2nccn3c(-c4ccc(OC)c(F)c4F)cnc23)ccc1C(=O)NC1CCCCC1N. The Labute approximate surface area is 219 Å². The summed E-state index contributed by atoms with van der Waals surface area (Å²) in [5, 5.41) is 6.36. The van der Waals surface area contributed by atoms with Gasteiger partial charge >= 0.3 is 0 Å². The quantitative estimate of drug-likeness (QED) is 0.317. The molecule has 1 amide bonds. The van der Waals surface area contributed by atoms with Gasteiger partial charge < -0.3 is 21.1 Å². The highest BCUT2D eigenvalue weighted by Gasteiger charge is 2.25. The molecule has 2 unspecified atom stereocenters. The average Bonchev–Trinajstić information content (AvgIpc) is 3.36. The summed E-state index contributed by atoms with van der Waals surface area (Å²) in [6.07, 6.45) is 9.27. The third kappa shape index (κ3) is 4.79. The van der Waals surface area contributed by atoms with E-state index in [1.54, 1.807) is 22.9 Å². The summed E-state index contributed by atoms with van der Waals surface area (Å²) in [7, 11) is 1.28. The third-order valence-corrected chi connectivity index (χ3v) is 7.10. The molecule has 1 aliphatic rings. The maximum absolute atomic E-state index is 14.8. The number of rotatable bonds is 7. The predicted molar refractivity (Wildman–Crippen MR) is 142 cm³/mol. The Morgan fingerprint density at radius 1 is 1.16 bits per heavy atom. The fourth-order valence-corrected chi connectivity index (χ4v) is 5.00. The minimum atomic E-state index is -1.06. The van der Waals surface area contributed by atoms with E-state index in [-0.39, 0.29) is 29.3 Å². The molecule has 1 saturated carbocycles. The number of aromatic nitrogens is 3. The molecule has 10 heteroatoms. The summed E-state index contributed by atoms with van der Waals surface area (Å²) in [5.41, 5.74) is 9.28. The third-order valence-electron chi connectivity index (χ3n) is 7.10. The van der Waals surface area contributed by atoms with Gasteiger partial charge in [-0.15, -0.1) is 0 Å². The van der Waals surface area contributed by atoms with Crippen molar-refractivity contribution in [3.63, 3.8) is 0 Å². The second kappa shape index (κ2) is 10.7. The van der Waals surface area contributed by atoms with E-state index in [9.17, 15) is 13.6 Å². The highest BCUT2D eigenvalue weighted by Crippen LogP contribution is 2.31. The molecule has 2 atom stereocenters. The second-order valence-electron chi connectivity index (χ2n) is 9.43. The molecule has 5 rings (SSSR count). The van der Waals surface area contributed by atoms with E-state index in [0.29, 0.717) is 29.1 Å². The number of aryl methyl sites for hydroxylation is 1. The van der Waals surface area contributed by atoms with Crippen molar-refractivity contribution in [1.82, 2.24) is 19.7 Å². The van der Waals surface area contributed by atoms with Crippen LogP contribution in [-0.2, 0) is 6.42 Å². The van der Waals surface area contributed by atoms with Crippen LogP contribution >= 0.6 is 0 Å². The van der Waals surface area contributed by atoms with Crippen LogP contribution in [0.3, 0.4) is 0 Å². The molecule has 0 bridgehead atoms. The molecule has 4 N–H and O–H groups in total. The van der Waals surface area contributed by atoms with Gasteiger partial charge in [0.05, 0.1) is 19.0 Å². The smallest absolute Gasteiger partial charge is 0.251 e. The van der Waals surface area contributed by atoms with Crippen LogP contribution in [-0.4, -0.2) is 39.5 Å². The number of amides is 1. The molecule has 1 aliphatic carbocycles. The number of nitrogens with zero attached hydrogens (tertiary/aromatic N) is 3. The largest absolute Gasteiger partial charge is 0.494 e. The lowest BCUT2D eigenvalue weighted by Gasteiger charge is -2.29. The van der Waals surface area contributed by atoms with E-state index < -0.39 is 11.6 Å². The summed E-state index contributed by atoms with van der Waals surface area (Å²) < 4.78 is 35.6. The molecular formula is C28H30F2N6O2. The van der Waals surface area contributed by atoms with Crippen molar-refractivity contribution in [2.24, 2.45) is 5.73 Å². The minimum Gasteiger partial charge on any atom is -0.494 e. The zero-order chi connectivity index (χ0) is 26.8. The summed E-state index contributed by atoms with van der Waals surface area (Å²) in [6, 6.07) is 8.29. The number of nitrogens with two attached hydrogens (primary N) is 1. The van der Waals surface area contributed by atoms with Crippen LogP contribution < -0.4 is 21.1 Å². The topological polar surface area (TPSA) is 107 Å². The molecular weight excluding hydrogens is 490 g/mol. The van der Waals surface area contributed by atoms with E-state index in [2.05, 4.69) is 20.6 Å². The lowest BCUT2D eigenvalue weighted by atomic mass is 9.90. The van der Waals surface area contributed by atoms with E-state index >= 15 is 0 Å². The van der Waals surface area contributed by atoms with Gasteiger partial charge in [-0.05, 0) is 55.2 Å². The molecule has 1 fully saturated rings. The van der Waals surface area contributed by atoms with E-state index in [0.717, 1.165) is 36.9 Å². The van der Waals surface area contributed by atoms with Crippen LogP contribution in [0.4, 0.5) is 20.3 Å². The highest BCUT2D eigenvalue weighted by molar-refractivity contribution is 5.96. The minimum absolute atomic E-state index is 0.0146. The molecule has 0 saturated heterocycles. The van der Waals surface area contributed by atoms with E-state index in [4.69, 9.17) is 10.5 Å². The fourth-order valence-electron chi connectivity index (χ4n) is 5.00. The van der Waals surface area contributed by atoms with Crippen molar-refractivity contribution in [1.29, 1.82) is 0 Å². The van der Waals surface area contributed by atoms with Gasteiger partial charge in [-0.2, -0.15) is 4.39 Å². The Morgan fingerprint density at radius 3 is 2.74 bits per heavy atom. The van der Waals surface area contributed by atoms with E-state index in [1.807, 2.05) is 19.1 Å². The first-order chi connectivity index (χ1) is 18.4. The van der Waals surface area contributed by atoms with Crippen LogP contribution in [0.2, 0.25) is 0 Å². The standard InChI is InChI=1S/C28H30F2N6O2/c1-3-16-14-17(8-9-18(16)28(37)35-21-7-5-4-6-20(21)31)34-26-27-33-15-22(36(27)13-12-32-26)19-10-11-23(38-2)25(30)24(19)29/h8-15,20-21H,3-7,31H2,1-2H3,(H,32,34)(H,35,37). The molecule has 8 nitrogen and oxygen atoms in total. The van der Waals surface area contributed by atoms with Gasteiger partial charge in [-0.1, -0.05) is 19.8 Å². The van der Waals surface area contributed by atoms with Crippen LogP contribution in [0.25, 0.3) is 16.9 Å². The number of imidazole rings is 1. The molecule has 0 aliphatic heterocycles. The maximum atomic E-state index is 14.8. The van der Waals surface area contributed by atoms with Gasteiger partial charge in [0.25, 0.3) is 5.91 Å². The zero-order valence-electron chi connectivity index (χ0n) is 21.3. The zero-order valence-corrected chi connectivity index (χ0v) is 21.3. The number of benzene rings is 2. The molecule has 0 spiro atoms. The number of hydrogen-bond donors (Lipinski definition) is 3. The number of carbonyl (C=O) groups excluding carboxylic acids is 1. The average molecular weight is 521 g/mol. The number of hydrogen-bond acceptors (Lipinski definition) is 6. The molecule has 38 heavy (non-hydrogen) atoms. The molecule has 2 aromatic heterocycles. The van der Waals surface area contributed by atoms with Gasteiger partial charge in [-0.25, -0.2) is 14.4 Å². The first-order valence-corrected chi connectivity index (χ1v) is 12.7. The monoisotopic (exact) mass is 520 g/mol. The number of carbonyl (C=O) groups is 1. The van der Waals surface area contributed by atoms with Gasteiger partial charge in [0.2, 0.25) is 5.82 Å². The molecule has 4 aromatic rings. The fraction of sp³-hybridized carbons (Fsp3) is 0.321. The van der Waals surface area contributed by atoms with Crippen molar-refractivity contribution in [2.45, 2.75) is 51.1 Å². The van der Waals surface area contributed by atoms with Gasteiger partial charge in [0.1, 0.15) is 0 Å². The number of nitrogens with one attached hydrogen (secondary N) is 2. The number of fused-ring (bicyclic) bond motifs is 1. The summed E-state index contributed by atoms with van der Waals surface area (Å²) in [5.74, 6) is -1.94.